The third kappa shape index (κ3) is 3.76. The standard InChI is InChI=1S/C35H28Cl2N2O4/c1-19-9-8-14-28(20(19)2)43-23-17-15-22(16-18-23)38-31(40)21(3)39-32(41)29-30(33(39)42)35(37)25-11-5-4-10-24(25)34(29,36)26-12-6-7-13-27(26)35/h4-18,21,29-30H,1-3H3,(H,38,40)/t21-,29-,30-,34?,35?/m0/s1. The van der Waals surface area contributed by atoms with Crippen molar-refractivity contribution in [3.8, 4) is 11.5 Å². The fourth-order valence-corrected chi connectivity index (χ4v) is 8.10. The lowest BCUT2D eigenvalue weighted by Gasteiger charge is -2.54. The smallest absolute Gasteiger partial charge is 0.247 e. The van der Waals surface area contributed by atoms with Crippen LogP contribution in [0.3, 0.4) is 0 Å². The number of hydrogen-bond acceptors (Lipinski definition) is 4. The fourth-order valence-electron chi connectivity index (χ4n) is 7.00. The molecule has 6 nitrogen and oxygen atoms in total. The topological polar surface area (TPSA) is 75.7 Å². The molecule has 43 heavy (non-hydrogen) atoms. The lowest BCUT2D eigenvalue weighted by Crippen LogP contribution is -2.57. The van der Waals surface area contributed by atoms with Crippen LogP contribution in [0.4, 0.5) is 5.69 Å². The average molecular weight is 612 g/mol. The maximum absolute atomic E-state index is 14.1. The SMILES string of the molecule is Cc1cccc(Oc2ccc(NC(=O)[C@H](C)N3C(=O)[C@@H]4[C@@H](C3=O)C3(Cl)c5ccccc5C4(Cl)c4ccccc43)cc2)c1C. The summed E-state index contributed by atoms with van der Waals surface area (Å²) in [5.41, 5.74) is 5.55. The highest BCUT2D eigenvalue weighted by Crippen LogP contribution is 2.69. The van der Waals surface area contributed by atoms with Crippen LogP contribution < -0.4 is 10.1 Å². The summed E-state index contributed by atoms with van der Waals surface area (Å²) < 4.78 is 6.02. The number of hydrogen-bond donors (Lipinski definition) is 1. The van der Waals surface area contributed by atoms with E-state index < -0.39 is 45.3 Å². The monoisotopic (exact) mass is 610 g/mol. The van der Waals surface area contributed by atoms with Gasteiger partial charge in [-0.15, -0.1) is 23.2 Å². The first-order valence-electron chi connectivity index (χ1n) is 14.2. The Bertz CT molecular complexity index is 1710. The van der Waals surface area contributed by atoms with E-state index in [4.69, 9.17) is 27.9 Å². The van der Waals surface area contributed by atoms with Crippen LogP contribution in [0.2, 0.25) is 0 Å². The maximum Gasteiger partial charge on any atom is 0.247 e. The number of amides is 3. The largest absolute Gasteiger partial charge is 0.457 e. The van der Waals surface area contributed by atoms with Crippen LogP contribution >= 0.6 is 23.2 Å². The van der Waals surface area contributed by atoms with Crippen LogP contribution in [-0.4, -0.2) is 28.7 Å². The van der Waals surface area contributed by atoms with Crippen LogP contribution in [0.1, 0.15) is 40.3 Å². The van der Waals surface area contributed by atoms with Crippen molar-refractivity contribution < 1.29 is 19.1 Å². The van der Waals surface area contributed by atoms with Gasteiger partial charge >= 0.3 is 0 Å². The van der Waals surface area contributed by atoms with Gasteiger partial charge in [-0.2, -0.15) is 0 Å². The van der Waals surface area contributed by atoms with Gasteiger partial charge in [-0.05, 0) is 84.5 Å². The number of ether oxygens (including phenoxy) is 1. The van der Waals surface area contributed by atoms with E-state index in [1.807, 2.05) is 80.6 Å². The zero-order chi connectivity index (χ0) is 30.3. The van der Waals surface area contributed by atoms with Gasteiger partial charge in [0, 0.05) is 5.69 Å². The summed E-state index contributed by atoms with van der Waals surface area (Å²) in [7, 11) is 0. The van der Waals surface area contributed by atoms with Gasteiger partial charge in [0.15, 0.2) is 0 Å². The number of alkyl halides is 2. The molecule has 0 radical (unpaired) electrons. The molecule has 1 saturated heterocycles. The summed E-state index contributed by atoms with van der Waals surface area (Å²) in [5, 5.41) is 2.84. The quantitative estimate of drug-likeness (QED) is 0.195. The number of aryl methyl sites for hydroxylation is 1. The summed E-state index contributed by atoms with van der Waals surface area (Å²) in [4.78, 5) is 40.2. The van der Waals surface area contributed by atoms with E-state index in [1.165, 1.54) is 0 Å². The number of carbonyl (C=O) groups is 3. The summed E-state index contributed by atoms with van der Waals surface area (Å²) in [6.45, 7) is 5.57. The Hall–Kier alpha value is -4.13. The molecule has 1 N–H and O–H groups in total. The molecule has 216 valence electrons. The van der Waals surface area contributed by atoms with Crippen LogP contribution in [0.15, 0.2) is 91.0 Å². The first kappa shape index (κ1) is 27.7. The Morgan fingerprint density at radius 2 is 1.26 bits per heavy atom. The fraction of sp³-hybridized carbons (Fsp3) is 0.229. The Labute approximate surface area is 259 Å². The van der Waals surface area contributed by atoms with Crippen molar-refractivity contribution in [3.63, 3.8) is 0 Å². The molecule has 4 aliphatic rings. The molecule has 3 aliphatic carbocycles. The van der Waals surface area contributed by atoms with E-state index in [9.17, 15) is 14.4 Å². The lowest BCUT2D eigenvalue weighted by atomic mass is 9.54. The Kier molecular flexibility index (Phi) is 6.24. The summed E-state index contributed by atoms with van der Waals surface area (Å²) in [6, 6.07) is 26.6. The number of carbonyl (C=O) groups excluding carboxylic acids is 3. The number of likely N-dealkylation sites (tertiary alicyclic amines) is 1. The number of halogens is 2. The zero-order valence-corrected chi connectivity index (χ0v) is 25.2. The number of nitrogens with one attached hydrogen (secondary N) is 1. The molecule has 1 heterocycles. The highest BCUT2D eigenvalue weighted by atomic mass is 35.5. The summed E-state index contributed by atoms with van der Waals surface area (Å²) in [6.07, 6.45) is 0. The minimum Gasteiger partial charge on any atom is -0.457 e. The van der Waals surface area contributed by atoms with E-state index in [0.29, 0.717) is 11.4 Å². The Morgan fingerprint density at radius 1 is 0.767 bits per heavy atom. The molecule has 0 unspecified atom stereocenters. The van der Waals surface area contributed by atoms with Gasteiger partial charge in [0.25, 0.3) is 0 Å². The number of benzene rings is 4. The number of nitrogens with zero attached hydrogens (tertiary/aromatic N) is 1. The van der Waals surface area contributed by atoms with Crippen LogP contribution in [0.5, 0.6) is 11.5 Å². The van der Waals surface area contributed by atoms with Crippen molar-refractivity contribution in [2.45, 2.75) is 36.6 Å². The molecule has 1 aliphatic heterocycles. The van der Waals surface area contributed by atoms with Crippen LogP contribution in [-0.2, 0) is 24.1 Å². The minimum atomic E-state index is -1.29. The molecule has 4 aromatic carbocycles. The van der Waals surface area contributed by atoms with E-state index in [2.05, 4.69) is 5.32 Å². The van der Waals surface area contributed by atoms with Crippen molar-refractivity contribution in [1.29, 1.82) is 0 Å². The second-order valence-corrected chi connectivity index (χ2v) is 12.7. The van der Waals surface area contributed by atoms with Gasteiger partial charge in [-0.25, -0.2) is 0 Å². The summed E-state index contributed by atoms with van der Waals surface area (Å²) >= 11 is 15.0. The molecule has 0 aromatic heterocycles. The highest BCUT2D eigenvalue weighted by molar-refractivity contribution is 6.36. The Morgan fingerprint density at radius 3 is 1.74 bits per heavy atom. The molecule has 3 amide bonds. The Balaban J connectivity index is 1.16. The van der Waals surface area contributed by atoms with Gasteiger partial charge in [-0.1, -0.05) is 60.7 Å². The van der Waals surface area contributed by atoms with Crippen molar-refractivity contribution in [2.75, 3.05) is 5.32 Å². The van der Waals surface area contributed by atoms with E-state index in [-0.39, 0.29) is 0 Å². The average Bonchev–Trinajstić information content (AvgIpc) is 3.29. The van der Waals surface area contributed by atoms with E-state index in [0.717, 1.165) is 44.0 Å². The van der Waals surface area contributed by atoms with Gasteiger partial charge in [0.05, 0.1) is 11.8 Å². The molecule has 8 heteroatoms. The second kappa shape index (κ2) is 9.69. The van der Waals surface area contributed by atoms with Gasteiger partial charge in [0.2, 0.25) is 17.7 Å². The van der Waals surface area contributed by atoms with Gasteiger partial charge in [-0.3, -0.25) is 19.3 Å². The van der Waals surface area contributed by atoms with Crippen LogP contribution in [0, 0.1) is 25.7 Å². The molecule has 0 spiro atoms. The predicted molar refractivity (Wildman–Crippen MR) is 166 cm³/mol. The molecule has 1 fully saturated rings. The number of anilines is 1. The molecular formula is C35H28Cl2N2O4. The molecule has 3 atom stereocenters. The van der Waals surface area contributed by atoms with E-state index in [1.54, 1.807) is 31.2 Å². The van der Waals surface area contributed by atoms with Crippen molar-refractivity contribution >= 4 is 46.6 Å². The highest BCUT2D eigenvalue weighted by Gasteiger charge is 2.73. The maximum atomic E-state index is 14.1. The minimum absolute atomic E-state index is 0.501. The number of rotatable bonds is 5. The third-order valence-electron chi connectivity index (χ3n) is 9.29. The van der Waals surface area contributed by atoms with Crippen molar-refractivity contribution in [1.82, 2.24) is 4.90 Å². The molecule has 0 saturated carbocycles. The van der Waals surface area contributed by atoms with Gasteiger partial charge < -0.3 is 10.1 Å². The first-order chi connectivity index (χ1) is 20.6. The summed E-state index contributed by atoms with van der Waals surface area (Å²) in [5.74, 6) is -2.05. The number of imide groups is 1. The predicted octanol–water partition coefficient (Wildman–Crippen LogP) is 7.02. The molecule has 8 rings (SSSR count). The molecule has 4 aromatic rings. The van der Waals surface area contributed by atoms with Crippen LogP contribution in [0.25, 0.3) is 0 Å². The van der Waals surface area contributed by atoms with E-state index >= 15 is 0 Å². The first-order valence-corrected chi connectivity index (χ1v) is 14.9. The van der Waals surface area contributed by atoms with Crippen molar-refractivity contribution in [2.24, 2.45) is 11.8 Å². The normalized spacial score (nSPS) is 25.6. The zero-order valence-electron chi connectivity index (χ0n) is 23.7. The lowest BCUT2D eigenvalue weighted by molar-refractivity contribution is -0.146. The third-order valence-corrected chi connectivity index (χ3v) is 10.6. The van der Waals surface area contributed by atoms with Gasteiger partial charge in [0.1, 0.15) is 27.3 Å². The van der Waals surface area contributed by atoms with Crippen molar-refractivity contribution in [3.05, 3.63) is 124 Å². The second-order valence-electron chi connectivity index (χ2n) is 11.5. The molecular weight excluding hydrogens is 583 g/mol. The molecule has 2 bridgehead atoms.